The van der Waals surface area contributed by atoms with Gasteiger partial charge in [-0.15, -0.1) is 0 Å². The Bertz CT molecular complexity index is 593. The highest BCUT2D eigenvalue weighted by atomic mass is 17.2. The maximum atomic E-state index is 12.0. The van der Waals surface area contributed by atoms with Crippen molar-refractivity contribution in [3.05, 3.63) is 54.6 Å². The van der Waals surface area contributed by atoms with Gasteiger partial charge in [0.2, 0.25) is 0 Å². The second-order valence-corrected chi connectivity index (χ2v) is 5.15. The molecule has 0 aliphatic rings. The fourth-order valence-corrected chi connectivity index (χ4v) is 2.06. The van der Waals surface area contributed by atoms with Gasteiger partial charge in [0, 0.05) is 12.2 Å². The lowest BCUT2D eigenvalue weighted by Crippen LogP contribution is -2.31. The number of nitrogens with zero attached hydrogens (tertiary/aromatic N) is 1. The number of amides is 1. The third-order valence-corrected chi connectivity index (χ3v) is 3.13. The minimum Gasteiger partial charge on any atom is -0.276 e. The van der Waals surface area contributed by atoms with Crippen LogP contribution in [0.5, 0.6) is 0 Å². The highest BCUT2D eigenvalue weighted by molar-refractivity contribution is 5.87. The normalized spacial score (nSPS) is 10.5. The molecule has 116 valence electrons. The molecule has 0 fully saturated rings. The van der Waals surface area contributed by atoms with Crippen LogP contribution in [-0.2, 0) is 9.78 Å². The Morgan fingerprint density at radius 2 is 1.59 bits per heavy atom. The third kappa shape index (κ3) is 4.09. The molecule has 22 heavy (non-hydrogen) atoms. The van der Waals surface area contributed by atoms with Gasteiger partial charge in [-0.1, -0.05) is 42.5 Å². The van der Waals surface area contributed by atoms with Gasteiger partial charge in [-0.05, 0) is 44.0 Å². The van der Waals surface area contributed by atoms with Crippen molar-refractivity contribution in [2.45, 2.75) is 26.9 Å². The van der Waals surface area contributed by atoms with Crippen LogP contribution in [0.15, 0.2) is 54.6 Å². The molecule has 0 aliphatic carbocycles. The molecule has 0 bridgehead atoms. The number of rotatable bonds is 5. The second-order valence-electron chi connectivity index (χ2n) is 5.15. The van der Waals surface area contributed by atoms with E-state index in [1.54, 1.807) is 13.8 Å². The standard InChI is InChI=1S/C18H21NO3/c1-4-19(18(20)22-21-14(2)3)17-12-10-16(11-13-17)15-8-6-5-7-9-15/h5-14H,4H2,1-3H3. The van der Waals surface area contributed by atoms with Crippen molar-refractivity contribution in [1.82, 2.24) is 0 Å². The maximum absolute atomic E-state index is 12.0. The lowest BCUT2D eigenvalue weighted by Gasteiger charge is -2.20. The van der Waals surface area contributed by atoms with Gasteiger partial charge in [0.1, 0.15) is 0 Å². The highest BCUT2D eigenvalue weighted by Gasteiger charge is 2.17. The summed E-state index contributed by atoms with van der Waals surface area (Å²) in [4.78, 5) is 23.3. The molecule has 2 rings (SSSR count). The van der Waals surface area contributed by atoms with E-state index in [9.17, 15) is 4.79 Å². The third-order valence-electron chi connectivity index (χ3n) is 3.13. The number of hydrogen-bond acceptors (Lipinski definition) is 3. The van der Waals surface area contributed by atoms with E-state index < -0.39 is 6.09 Å². The lowest BCUT2D eigenvalue weighted by atomic mass is 10.1. The Balaban J connectivity index is 2.12. The number of carbonyl (C=O) groups excluding carboxylic acids is 1. The van der Waals surface area contributed by atoms with Crippen molar-refractivity contribution in [1.29, 1.82) is 0 Å². The minimum absolute atomic E-state index is 0.164. The van der Waals surface area contributed by atoms with Crippen molar-refractivity contribution >= 4 is 11.8 Å². The summed E-state index contributed by atoms with van der Waals surface area (Å²) in [5.74, 6) is 0. The molecule has 0 aliphatic heterocycles. The van der Waals surface area contributed by atoms with Crippen LogP contribution in [0.4, 0.5) is 10.5 Å². The monoisotopic (exact) mass is 299 g/mol. The minimum atomic E-state index is -0.510. The van der Waals surface area contributed by atoms with E-state index in [0.29, 0.717) is 6.54 Å². The van der Waals surface area contributed by atoms with Gasteiger partial charge < -0.3 is 0 Å². The number of benzene rings is 2. The first-order valence-corrected chi connectivity index (χ1v) is 7.42. The molecule has 0 saturated carbocycles. The van der Waals surface area contributed by atoms with Gasteiger partial charge in [0.15, 0.2) is 0 Å². The van der Waals surface area contributed by atoms with Crippen molar-refractivity contribution in [2.75, 3.05) is 11.4 Å². The first-order chi connectivity index (χ1) is 10.6. The summed E-state index contributed by atoms with van der Waals surface area (Å²) in [5, 5.41) is 0. The highest BCUT2D eigenvalue weighted by Crippen LogP contribution is 2.23. The van der Waals surface area contributed by atoms with Crippen LogP contribution in [0.3, 0.4) is 0 Å². The molecular weight excluding hydrogens is 278 g/mol. The molecule has 0 N–H and O–H groups in total. The largest absolute Gasteiger partial charge is 0.445 e. The van der Waals surface area contributed by atoms with E-state index >= 15 is 0 Å². The van der Waals surface area contributed by atoms with Gasteiger partial charge in [0.25, 0.3) is 0 Å². The molecule has 0 heterocycles. The van der Waals surface area contributed by atoms with E-state index in [2.05, 4.69) is 12.1 Å². The maximum Gasteiger partial charge on any atom is 0.445 e. The molecule has 0 unspecified atom stereocenters. The van der Waals surface area contributed by atoms with Gasteiger partial charge in [-0.2, -0.15) is 4.89 Å². The van der Waals surface area contributed by atoms with Crippen molar-refractivity contribution in [3.63, 3.8) is 0 Å². The Hall–Kier alpha value is -2.33. The van der Waals surface area contributed by atoms with Gasteiger partial charge in [-0.3, -0.25) is 9.79 Å². The molecule has 0 saturated heterocycles. The Kier molecular flexibility index (Phi) is 5.55. The first-order valence-electron chi connectivity index (χ1n) is 7.42. The van der Waals surface area contributed by atoms with Crippen LogP contribution in [0.2, 0.25) is 0 Å². The number of carbonyl (C=O) groups is 1. The van der Waals surface area contributed by atoms with Gasteiger partial charge in [-0.25, -0.2) is 4.79 Å². The molecule has 0 spiro atoms. The average Bonchev–Trinajstić information content (AvgIpc) is 2.55. The van der Waals surface area contributed by atoms with E-state index in [0.717, 1.165) is 16.8 Å². The quantitative estimate of drug-likeness (QED) is 0.595. The fraction of sp³-hybridized carbons (Fsp3) is 0.278. The zero-order valence-electron chi connectivity index (χ0n) is 13.2. The first kappa shape index (κ1) is 16.0. The van der Waals surface area contributed by atoms with Crippen molar-refractivity contribution in [2.24, 2.45) is 0 Å². The van der Waals surface area contributed by atoms with E-state index in [1.165, 1.54) is 4.90 Å². The zero-order chi connectivity index (χ0) is 15.9. The van der Waals surface area contributed by atoms with E-state index in [4.69, 9.17) is 9.78 Å². The van der Waals surface area contributed by atoms with Crippen molar-refractivity contribution in [3.8, 4) is 11.1 Å². The molecule has 2 aromatic rings. The summed E-state index contributed by atoms with van der Waals surface area (Å²) >= 11 is 0. The van der Waals surface area contributed by atoms with E-state index in [-0.39, 0.29) is 6.10 Å². The van der Waals surface area contributed by atoms with Crippen LogP contribution >= 0.6 is 0 Å². The summed E-state index contributed by atoms with van der Waals surface area (Å²) in [7, 11) is 0. The van der Waals surface area contributed by atoms with Crippen molar-refractivity contribution < 1.29 is 14.6 Å². The topological polar surface area (TPSA) is 38.8 Å². The predicted molar refractivity (Wildman–Crippen MR) is 87.6 cm³/mol. The number of hydrogen-bond donors (Lipinski definition) is 0. The predicted octanol–water partition coefficient (Wildman–Crippen LogP) is 4.66. The SMILES string of the molecule is CCN(C(=O)OOC(C)C)c1ccc(-c2ccccc2)cc1. The fourth-order valence-electron chi connectivity index (χ4n) is 2.06. The molecule has 0 radical (unpaired) electrons. The Labute approximate surface area is 131 Å². The molecule has 4 heteroatoms. The molecule has 0 aromatic heterocycles. The van der Waals surface area contributed by atoms with Crippen LogP contribution in [0.25, 0.3) is 11.1 Å². The number of anilines is 1. The summed E-state index contributed by atoms with van der Waals surface area (Å²) in [6, 6.07) is 17.9. The average molecular weight is 299 g/mol. The lowest BCUT2D eigenvalue weighted by molar-refractivity contribution is -0.262. The van der Waals surface area contributed by atoms with Crippen LogP contribution in [0.1, 0.15) is 20.8 Å². The Morgan fingerprint density at radius 3 is 2.14 bits per heavy atom. The molecule has 4 nitrogen and oxygen atoms in total. The van der Waals surface area contributed by atoms with Crippen LogP contribution in [-0.4, -0.2) is 18.7 Å². The van der Waals surface area contributed by atoms with Gasteiger partial charge in [0.05, 0.1) is 6.10 Å². The van der Waals surface area contributed by atoms with Gasteiger partial charge >= 0.3 is 6.09 Å². The summed E-state index contributed by atoms with van der Waals surface area (Å²) in [5.41, 5.74) is 3.02. The smallest absolute Gasteiger partial charge is 0.276 e. The zero-order valence-corrected chi connectivity index (χ0v) is 13.2. The molecule has 2 aromatic carbocycles. The second kappa shape index (κ2) is 7.61. The molecular formula is C18H21NO3. The molecule has 1 amide bonds. The summed E-state index contributed by atoms with van der Waals surface area (Å²) in [6.45, 7) is 6.00. The van der Waals surface area contributed by atoms with E-state index in [1.807, 2.05) is 49.4 Å². The van der Waals surface area contributed by atoms with Crippen LogP contribution in [0, 0.1) is 0 Å². The van der Waals surface area contributed by atoms with Crippen LogP contribution < -0.4 is 4.90 Å². The Morgan fingerprint density at radius 1 is 1.00 bits per heavy atom. The summed E-state index contributed by atoms with van der Waals surface area (Å²) in [6.07, 6.45) is -0.674. The molecule has 0 atom stereocenters. The summed E-state index contributed by atoms with van der Waals surface area (Å²) < 4.78 is 0.